The molecule has 0 saturated heterocycles. The van der Waals surface area contributed by atoms with E-state index in [4.69, 9.17) is 5.14 Å². The van der Waals surface area contributed by atoms with Gasteiger partial charge < -0.3 is 5.32 Å². The molecule has 1 aromatic carbocycles. The number of nitro benzene ring substituents is 1. The third kappa shape index (κ3) is 2.73. The fourth-order valence-electron chi connectivity index (χ4n) is 2.94. The summed E-state index contributed by atoms with van der Waals surface area (Å²) in [5, 5.41) is 19.3. The molecule has 3 N–H and O–H groups in total. The lowest BCUT2D eigenvalue weighted by Crippen LogP contribution is -2.19. The highest BCUT2D eigenvalue weighted by molar-refractivity contribution is 7.89. The van der Waals surface area contributed by atoms with E-state index in [1.165, 1.54) is 25.0 Å². The van der Waals surface area contributed by atoms with Crippen LogP contribution in [0.5, 0.6) is 0 Å². The smallest absolute Gasteiger partial charge is 0.312 e. The van der Waals surface area contributed by atoms with E-state index in [0.29, 0.717) is 12.5 Å². The fourth-order valence-corrected chi connectivity index (χ4v) is 3.66. The number of hydrogen-bond donors (Lipinski definition) is 2. The predicted molar refractivity (Wildman–Crippen MR) is 77.4 cm³/mol. The van der Waals surface area contributed by atoms with Crippen molar-refractivity contribution in [2.75, 3.05) is 11.9 Å². The van der Waals surface area contributed by atoms with Gasteiger partial charge in [0.25, 0.3) is 0 Å². The first kappa shape index (κ1) is 14.3. The van der Waals surface area contributed by atoms with Crippen molar-refractivity contribution in [3.05, 3.63) is 28.3 Å². The molecule has 0 radical (unpaired) electrons. The van der Waals surface area contributed by atoms with Crippen molar-refractivity contribution >= 4 is 21.4 Å². The number of nitrogens with zero attached hydrogens (tertiary/aromatic N) is 1. The van der Waals surface area contributed by atoms with Gasteiger partial charge in [-0.05, 0) is 49.1 Å². The Hall–Kier alpha value is -1.67. The van der Waals surface area contributed by atoms with E-state index < -0.39 is 25.5 Å². The van der Waals surface area contributed by atoms with Gasteiger partial charge in [-0.1, -0.05) is 6.07 Å². The summed E-state index contributed by atoms with van der Waals surface area (Å²) in [5.41, 5.74) is 0.0101. The van der Waals surface area contributed by atoms with Crippen LogP contribution in [0.15, 0.2) is 23.1 Å². The molecule has 0 amide bonds. The maximum Gasteiger partial charge on any atom is 0.312 e. The van der Waals surface area contributed by atoms with Gasteiger partial charge in [0.15, 0.2) is 4.90 Å². The summed E-state index contributed by atoms with van der Waals surface area (Å²) in [6, 6.07) is 4.15. The number of nitrogens with two attached hydrogens (primary N) is 1. The molecule has 2 saturated carbocycles. The highest BCUT2D eigenvalue weighted by atomic mass is 32.2. The van der Waals surface area contributed by atoms with Gasteiger partial charge in [-0.15, -0.1) is 0 Å². The number of primary sulfonamides is 1. The van der Waals surface area contributed by atoms with Gasteiger partial charge >= 0.3 is 5.69 Å². The van der Waals surface area contributed by atoms with Crippen molar-refractivity contribution < 1.29 is 13.3 Å². The van der Waals surface area contributed by atoms with Gasteiger partial charge in [-0.3, -0.25) is 10.1 Å². The zero-order chi connectivity index (χ0) is 15.3. The molecule has 2 fully saturated rings. The molecule has 0 bridgehead atoms. The minimum absolute atomic E-state index is 0.221. The Morgan fingerprint density at radius 3 is 2.52 bits per heavy atom. The standard InChI is InChI=1S/C13H17N3O4S/c14-21(19,20)11-3-1-2-10(12(11)16(17)18)15-8-13(6-7-13)9-4-5-9/h1-3,9,15H,4-8H2,(H2,14,19,20). The third-order valence-electron chi connectivity index (χ3n) is 4.45. The highest BCUT2D eigenvalue weighted by Gasteiger charge is 2.53. The topological polar surface area (TPSA) is 115 Å². The molecule has 0 spiro atoms. The fraction of sp³-hybridized carbons (Fsp3) is 0.538. The molecule has 3 rings (SSSR count). The molecule has 0 aromatic heterocycles. The second-order valence-corrected chi connectivity index (χ2v) is 7.47. The van der Waals surface area contributed by atoms with Gasteiger partial charge in [-0.25, -0.2) is 13.6 Å². The van der Waals surface area contributed by atoms with Crippen molar-refractivity contribution in [3.8, 4) is 0 Å². The van der Waals surface area contributed by atoms with Crippen molar-refractivity contribution in [1.29, 1.82) is 0 Å². The Kier molecular flexibility index (Phi) is 3.18. The average Bonchev–Trinajstić information content (AvgIpc) is 3.25. The Bertz CT molecular complexity index is 693. The molecule has 0 aliphatic heterocycles. The second kappa shape index (κ2) is 4.67. The first-order valence-electron chi connectivity index (χ1n) is 6.88. The lowest BCUT2D eigenvalue weighted by Gasteiger charge is -2.16. The lowest BCUT2D eigenvalue weighted by atomic mass is 10.0. The zero-order valence-electron chi connectivity index (χ0n) is 11.4. The molecule has 0 atom stereocenters. The van der Waals surface area contributed by atoms with Gasteiger partial charge in [0.2, 0.25) is 10.0 Å². The van der Waals surface area contributed by atoms with Crippen molar-refractivity contribution in [2.45, 2.75) is 30.6 Å². The largest absolute Gasteiger partial charge is 0.379 e. The van der Waals surface area contributed by atoms with Crippen molar-refractivity contribution in [2.24, 2.45) is 16.5 Å². The van der Waals surface area contributed by atoms with E-state index in [2.05, 4.69) is 5.32 Å². The number of hydrogen-bond acceptors (Lipinski definition) is 5. The molecule has 7 nitrogen and oxygen atoms in total. The maximum absolute atomic E-state index is 11.5. The van der Waals surface area contributed by atoms with E-state index in [1.807, 2.05) is 0 Å². The number of rotatable bonds is 6. The zero-order valence-corrected chi connectivity index (χ0v) is 12.2. The molecular formula is C13H17N3O4S. The van der Waals surface area contributed by atoms with Crippen LogP contribution in [0, 0.1) is 21.4 Å². The summed E-state index contributed by atoms with van der Waals surface area (Å²) in [6.45, 7) is 0.645. The number of nitrogens with one attached hydrogen (secondary N) is 1. The molecule has 21 heavy (non-hydrogen) atoms. The number of benzene rings is 1. The quantitative estimate of drug-likeness (QED) is 0.614. The molecule has 8 heteroatoms. The van der Waals surface area contributed by atoms with Crippen molar-refractivity contribution in [3.63, 3.8) is 0 Å². The number of sulfonamides is 1. The molecule has 1 aromatic rings. The number of nitro groups is 1. The van der Waals surface area contributed by atoms with Gasteiger partial charge in [0.05, 0.1) is 4.92 Å². The van der Waals surface area contributed by atoms with Gasteiger partial charge in [-0.2, -0.15) is 0 Å². The van der Waals surface area contributed by atoms with Crippen molar-refractivity contribution in [1.82, 2.24) is 0 Å². The summed E-state index contributed by atoms with van der Waals surface area (Å²) in [4.78, 5) is 10.1. The summed E-state index contributed by atoms with van der Waals surface area (Å²) < 4.78 is 23.0. The third-order valence-corrected chi connectivity index (χ3v) is 5.40. The summed E-state index contributed by atoms with van der Waals surface area (Å²) in [7, 11) is -4.12. The van der Waals surface area contributed by atoms with Gasteiger partial charge in [0, 0.05) is 6.54 Å². The van der Waals surface area contributed by atoms with Gasteiger partial charge in [0.1, 0.15) is 5.69 Å². The Labute approximate surface area is 122 Å². The summed E-state index contributed by atoms with van der Waals surface area (Å²) in [6.07, 6.45) is 4.71. The lowest BCUT2D eigenvalue weighted by molar-refractivity contribution is -0.386. The SMILES string of the molecule is NS(=O)(=O)c1cccc(NCC2(C3CC3)CC2)c1[N+](=O)[O-]. The minimum atomic E-state index is -4.12. The number of para-hydroxylation sites is 1. The molecule has 0 unspecified atom stereocenters. The van der Waals surface area contributed by atoms with Crippen LogP contribution in [-0.4, -0.2) is 19.9 Å². The maximum atomic E-state index is 11.5. The average molecular weight is 311 g/mol. The van der Waals surface area contributed by atoms with Crippen LogP contribution in [0.4, 0.5) is 11.4 Å². The second-order valence-electron chi connectivity index (χ2n) is 5.94. The monoisotopic (exact) mass is 311 g/mol. The first-order chi connectivity index (χ1) is 9.83. The van der Waals surface area contributed by atoms with E-state index in [-0.39, 0.29) is 11.1 Å². The molecule has 2 aliphatic carbocycles. The van der Waals surface area contributed by atoms with E-state index in [0.717, 1.165) is 18.9 Å². The summed E-state index contributed by atoms with van der Waals surface area (Å²) in [5.74, 6) is 0.713. The molecule has 0 heterocycles. The van der Waals surface area contributed by atoms with Crippen LogP contribution >= 0.6 is 0 Å². The normalized spacial score (nSPS) is 20.0. The van der Waals surface area contributed by atoms with Crippen LogP contribution in [-0.2, 0) is 10.0 Å². The van der Waals surface area contributed by atoms with E-state index in [1.54, 1.807) is 0 Å². The van der Waals surface area contributed by atoms with Crippen LogP contribution < -0.4 is 10.5 Å². The predicted octanol–water partition coefficient (Wildman–Crippen LogP) is 1.84. The Morgan fingerprint density at radius 1 is 1.38 bits per heavy atom. The molecular weight excluding hydrogens is 294 g/mol. The number of anilines is 1. The molecule has 2 aliphatic rings. The van der Waals surface area contributed by atoms with E-state index >= 15 is 0 Å². The molecule has 114 valence electrons. The Morgan fingerprint density at radius 2 is 2.05 bits per heavy atom. The van der Waals surface area contributed by atoms with Crippen LogP contribution in [0.1, 0.15) is 25.7 Å². The van der Waals surface area contributed by atoms with Crippen LogP contribution in [0.25, 0.3) is 0 Å². The highest BCUT2D eigenvalue weighted by Crippen LogP contribution is 2.61. The minimum Gasteiger partial charge on any atom is -0.379 e. The van der Waals surface area contributed by atoms with Crippen LogP contribution in [0.2, 0.25) is 0 Å². The first-order valence-corrected chi connectivity index (χ1v) is 8.42. The van der Waals surface area contributed by atoms with Crippen LogP contribution in [0.3, 0.4) is 0 Å². The Balaban J connectivity index is 1.89. The summed E-state index contributed by atoms with van der Waals surface area (Å²) >= 11 is 0. The van der Waals surface area contributed by atoms with E-state index in [9.17, 15) is 18.5 Å².